The number of hydrogen-bond donors (Lipinski definition) is 0. The molecule has 0 aliphatic carbocycles. The van der Waals surface area contributed by atoms with E-state index in [1.165, 1.54) is 29.1 Å². The zero-order valence-corrected chi connectivity index (χ0v) is 14.2. The van der Waals surface area contributed by atoms with Crippen LogP contribution in [0.5, 0.6) is 11.5 Å². The third-order valence-electron chi connectivity index (χ3n) is 3.90. The molecule has 0 fully saturated rings. The van der Waals surface area contributed by atoms with Gasteiger partial charge < -0.3 is 9.47 Å². The van der Waals surface area contributed by atoms with E-state index in [4.69, 9.17) is 9.47 Å². The van der Waals surface area contributed by atoms with Gasteiger partial charge in [0.2, 0.25) is 6.79 Å². The van der Waals surface area contributed by atoms with Gasteiger partial charge in [0.25, 0.3) is 11.2 Å². The molecule has 2 heterocycles. The van der Waals surface area contributed by atoms with Gasteiger partial charge in [-0.1, -0.05) is 15.9 Å². The molecule has 1 aliphatic rings. The van der Waals surface area contributed by atoms with Crippen LogP contribution in [0.25, 0.3) is 10.9 Å². The van der Waals surface area contributed by atoms with E-state index >= 15 is 0 Å². The second-order valence-corrected chi connectivity index (χ2v) is 6.29. The Kier molecular flexibility index (Phi) is 3.65. The predicted molar refractivity (Wildman–Crippen MR) is 92.0 cm³/mol. The molecule has 0 bridgehead atoms. The fraction of sp³-hybridized carbons (Fsp3) is 0.125. The Morgan fingerprint density at radius 2 is 2.00 bits per heavy atom. The van der Waals surface area contributed by atoms with E-state index in [0.717, 1.165) is 10.0 Å². The number of nitrogens with zero attached hydrogens (tertiary/aromatic N) is 3. The van der Waals surface area contributed by atoms with Gasteiger partial charge in [-0.3, -0.25) is 19.5 Å². The van der Waals surface area contributed by atoms with E-state index in [9.17, 15) is 14.9 Å². The van der Waals surface area contributed by atoms with Gasteiger partial charge in [0, 0.05) is 16.6 Å². The van der Waals surface area contributed by atoms with Crippen molar-refractivity contribution >= 4 is 32.5 Å². The molecule has 3 aromatic rings. The minimum atomic E-state index is -0.537. The summed E-state index contributed by atoms with van der Waals surface area (Å²) < 4.78 is 12.8. The van der Waals surface area contributed by atoms with Crippen molar-refractivity contribution in [1.82, 2.24) is 9.55 Å². The normalized spacial score (nSPS) is 12.5. The summed E-state index contributed by atoms with van der Waals surface area (Å²) in [5, 5.41) is 11.1. The number of ether oxygens (including phenoxy) is 2. The molecule has 1 aliphatic heterocycles. The third-order valence-corrected chi connectivity index (χ3v) is 4.64. The molecule has 25 heavy (non-hydrogen) atoms. The first kappa shape index (κ1) is 15.6. The SMILES string of the molecule is O=c1c2cc([N+](=O)[O-])ccc2ncn1Cc1cc2c(cc1Br)OCO2. The summed E-state index contributed by atoms with van der Waals surface area (Å²) in [4.78, 5) is 27.3. The van der Waals surface area contributed by atoms with Crippen LogP contribution in [0.15, 0.2) is 45.9 Å². The van der Waals surface area contributed by atoms with E-state index in [0.29, 0.717) is 17.0 Å². The Morgan fingerprint density at radius 3 is 2.76 bits per heavy atom. The molecule has 9 heteroatoms. The highest BCUT2D eigenvalue weighted by Gasteiger charge is 2.17. The Labute approximate surface area is 148 Å². The summed E-state index contributed by atoms with van der Waals surface area (Å²) in [7, 11) is 0. The van der Waals surface area contributed by atoms with E-state index in [2.05, 4.69) is 20.9 Å². The van der Waals surface area contributed by atoms with Gasteiger partial charge in [-0.2, -0.15) is 0 Å². The maximum absolute atomic E-state index is 12.7. The maximum Gasteiger partial charge on any atom is 0.270 e. The molecule has 1 aromatic heterocycles. The van der Waals surface area contributed by atoms with Crippen molar-refractivity contribution in [3.8, 4) is 11.5 Å². The van der Waals surface area contributed by atoms with Gasteiger partial charge in [0.15, 0.2) is 11.5 Å². The molecule has 0 unspecified atom stereocenters. The second-order valence-electron chi connectivity index (χ2n) is 5.43. The largest absolute Gasteiger partial charge is 0.454 e. The highest BCUT2D eigenvalue weighted by Crippen LogP contribution is 2.37. The van der Waals surface area contributed by atoms with Crippen molar-refractivity contribution in [2.24, 2.45) is 0 Å². The Bertz CT molecular complexity index is 1080. The lowest BCUT2D eigenvalue weighted by atomic mass is 10.2. The van der Waals surface area contributed by atoms with Gasteiger partial charge in [0.05, 0.1) is 28.7 Å². The van der Waals surface area contributed by atoms with E-state index in [1.807, 2.05) is 0 Å². The molecule has 0 N–H and O–H groups in total. The van der Waals surface area contributed by atoms with Crippen LogP contribution in [0.2, 0.25) is 0 Å². The number of aromatic nitrogens is 2. The monoisotopic (exact) mass is 403 g/mol. The minimum absolute atomic E-state index is 0.145. The third kappa shape index (κ3) is 2.72. The van der Waals surface area contributed by atoms with Gasteiger partial charge in [-0.15, -0.1) is 0 Å². The number of fused-ring (bicyclic) bond motifs is 2. The number of benzene rings is 2. The number of non-ortho nitro benzene ring substituents is 1. The highest BCUT2D eigenvalue weighted by molar-refractivity contribution is 9.10. The van der Waals surface area contributed by atoms with Crippen molar-refractivity contribution in [2.75, 3.05) is 6.79 Å². The Balaban J connectivity index is 1.78. The standard InChI is InChI=1S/C16H10BrN3O5/c17-12-5-15-14(24-8-25-15)3-9(12)6-19-7-18-13-2-1-10(20(22)23)4-11(13)16(19)21/h1-5,7H,6,8H2. The van der Waals surface area contributed by atoms with Crippen molar-refractivity contribution in [2.45, 2.75) is 6.54 Å². The zero-order chi connectivity index (χ0) is 17.6. The lowest BCUT2D eigenvalue weighted by Crippen LogP contribution is -2.21. The maximum atomic E-state index is 12.7. The van der Waals surface area contributed by atoms with E-state index in [-0.39, 0.29) is 30.0 Å². The van der Waals surface area contributed by atoms with Crippen LogP contribution in [-0.4, -0.2) is 21.3 Å². The molecule has 0 saturated heterocycles. The van der Waals surface area contributed by atoms with Crippen molar-refractivity contribution in [3.63, 3.8) is 0 Å². The summed E-state index contributed by atoms with van der Waals surface area (Å²) in [5.74, 6) is 1.24. The van der Waals surface area contributed by atoms with E-state index in [1.54, 1.807) is 12.1 Å². The quantitative estimate of drug-likeness (QED) is 0.492. The van der Waals surface area contributed by atoms with Crippen LogP contribution in [0.1, 0.15) is 5.56 Å². The van der Waals surface area contributed by atoms with Crippen LogP contribution in [0, 0.1) is 10.1 Å². The average molecular weight is 404 g/mol. The second kappa shape index (κ2) is 5.85. The van der Waals surface area contributed by atoms with Crippen LogP contribution in [-0.2, 0) is 6.54 Å². The van der Waals surface area contributed by atoms with Crippen LogP contribution < -0.4 is 15.0 Å². The van der Waals surface area contributed by atoms with E-state index < -0.39 is 4.92 Å². The Hall–Kier alpha value is -2.94. The summed E-state index contributed by atoms with van der Waals surface area (Å²) in [6.07, 6.45) is 1.42. The smallest absolute Gasteiger partial charge is 0.270 e. The fourth-order valence-corrected chi connectivity index (χ4v) is 3.08. The van der Waals surface area contributed by atoms with Gasteiger partial charge in [0.1, 0.15) is 0 Å². The Morgan fingerprint density at radius 1 is 1.24 bits per heavy atom. The molecule has 0 saturated carbocycles. The molecule has 126 valence electrons. The number of nitro groups is 1. The van der Waals surface area contributed by atoms with Crippen LogP contribution >= 0.6 is 15.9 Å². The van der Waals surface area contributed by atoms with Gasteiger partial charge in [-0.25, -0.2) is 4.98 Å². The predicted octanol–water partition coefficient (Wildman–Crippen LogP) is 2.84. The number of hydrogen-bond acceptors (Lipinski definition) is 6. The lowest BCUT2D eigenvalue weighted by molar-refractivity contribution is -0.384. The summed E-state index contributed by atoms with van der Waals surface area (Å²) in [5.41, 5.74) is 0.723. The van der Waals surface area contributed by atoms with Crippen LogP contribution in [0.4, 0.5) is 5.69 Å². The topological polar surface area (TPSA) is 96.5 Å². The molecule has 2 aromatic carbocycles. The molecule has 8 nitrogen and oxygen atoms in total. The number of halogens is 1. The molecule has 0 radical (unpaired) electrons. The average Bonchev–Trinajstić information content (AvgIpc) is 3.04. The first-order chi connectivity index (χ1) is 12.0. The molecular formula is C16H10BrN3O5. The van der Waals surface area contributed by atoms with Crippen LogP contribution in [0.3, 0.4) is 0 Å². The zero-order valence-electron chi connectivity index (χ0n) is 12.6. The molecule has 4 rings (SSSR count). The van der Waals surface area contributed by atoms with Crippen molar-refractivity contribution in [3.05, 3.63) is 67.2 Å². The fourth-order valence-electron chi connectivity index (χ4n) is 2.64. The first-order valence-corrected chi connectivity index (χ1v) is 8.04. The number of rotatable bonds is 3. The minimum Gasteiger partial charge on any atom is -0.454 e. The molecule has 0 spiro atoms. The summed E-state index contributed by atoms with van der Waals surface area (Å²) in [6, 6.07) is 7.61. The van der Waals surface area contributed by atoms with Gasteiger partial charge >= 0.3 is 0 Å². The summed E-state index contributed by atoms with van der Waals surface area (Å²) in [6.45, 7) is 0.397. The lowest BCUT2D eigenvalue weighted by Gasteiger charge is -2.09. The van der Waals surface area contributed by atoms with Gasteiger partial charge in [-0.05, 0) is 23.8 Å². The van der Waals surface area contributed by atoms with Crippen molar-refractivity contribution in [1.29, 1.82) is 0 Å². The highest BCUT2D eigenvalue weighted by atomic mass is 79.9. The molecule has 0 amide bonds. The summed E-state index contributed by atoms with van der Waals surface area (Å²) >= 11 is 3.45. The molecule has 0 atom stereocenters. The first-order valence-electron chi connectivity index (χ1n) is 7.24. The van der Waals surface area contributed by atoms with Crippen molar-refractivity contribution < 1.29 is 14.4 Å². The number of nitro benzene ring substituents is 1. The molecular weight excluding hydrogens is 394 g/mol.